The molecular weight excluding hydrogens is 156 g/mol. The Balaban J connectivity index is 3.07. The molecular formula is C9H10O3. The summed E-state index contributed by atoms with van der Waals surface area (Å²) in [5.41, 5.74) is 0.451. The van der Waals surface area contributed by atoms with Gasteiger partial charge in [-0.2, -0.15) is 0 Å². The fourth-order valence-electron chi connectivity index (χ4n) is 0.918. The first-order valence-corrected chi connectivity index (χ1v) is 3.50. The van der Waals surface area contributed by atoms with E-state index >= 15 is 0 Å². The topological polar surface area (TPSA) is 39.4 Å². The van der Waals surface area contributed by atoms with Crippen molar-refractivity contribution in [2.24, 2.45) is 0 Å². The lowest BCUT2D eigenvalue weighted by Crippen LogP contribution is -2.00. The van der Waals surface area contributed by atoms with Crippen molar-refractivity contribution >= 4 is 12.0 Å². The Bertz CT molecular complexity index is 310. The zero-order valence-corrected chi connectivity index (χ0v) is 7.09. The van der Waals surface area contributed by atoms with Gasteiger partial charge in [0, 0.05) is 0 Å². The van der Waals surface area contributed by atoms with Gasteiger partial charge in [-0.1, -0.05) is 6.58 Å². The SMILES string of the molecule is C=Cc1cc(C(=O)OC)c(C)o1. The molecule has 0 spiro atoms. The summed E-state index contributed by atoms with van der Waals surface area (Å²) in [4.78, 5) is 11.0. The molecule has 0 radical (unpaired) electrons. The Morgan fingerprint density at radius 2 is 2.42 bits per heavy atom. The van der Waals surface area contributed by atoms with Crippen molar-refractivity contribution in [3.05, 3.63) is 29.7 Å². The summed E-state index contributed by atoms with van der Waals surface area (Å²) in [6, 6.07) is 1.61. The van der Waals surface area contributed by atoms with Gasteiger partial charge in [0.15, 0.2) is 0 Å². The highest BCUT2D eigenvalue weighted by atomic mass is 16.5. The quantitative estimate of drug-likeness (QED) is 0.631. The molecule has 1 rings (SSSR count). The highest BCUT2D eigenvalue weighted by molar-refractivity contribution is 5.90. The number of methoxy groups -OCH3 is 1. The van der Waals surface area contributed by atoms with E-state index in [1.54, 1.807) is 19.1 Å². The van der Waals surface area contributed by atoms with Crippen molar-refractivity contribution in [2.45, 2.75) is 6.92 Å². The van der Waals surface area contributed by atoms with Crippen LogP contribution in [0.5, 0.6) is 0 Å². The normalized spacial score (nSPS) is 9.50. The third-order valence-electron chi connectivity index (χ3n) is 1.54. The molecule has 0 aliphatic rings. The van der Waals surface area contributed by atoms with Crippen LogP contribution in [0.2, 0.25) is 0 Å². The standard InChI is InChI=1S/C9H10O3/c1-4-7-5-8(6(2)12-7)9(10)11-3/h4-5H,1H2,2-3H3. The number of hydrogen-bond acceptors (Lipinski definition) is 3. The highest BCUT2D eigenvalue weighted by Gasteiger charge is 2.13. The van der Waals surface area contributed by atoms with Crippen LogP contribution < -0.4 is 0 Å². The molecule has 0 aliphatic heterocycles. The van der Waals surface area contributed by atoms with Crippen LogP contribution in [0.15, 0.2) is 17.1 Å². The van der Waals surface area contributed by atoms with Gasteiger partial charge in [-0.15, -0.1) is 0 Å². The van der Waals surface area contributed by atoms with Gasteiger partial charge in [0.2, 0.25) is 0 Å². The van der Waals surface area contributed by atoms with E-state index in [9.17, 15) is 4.79 Å². The van der Waals surface area contributed by atoms with Crippen LogP contribution >= 0.6 is 0 Å². The number of hydrogen-bond donors (Lipinski definition) is 0. The van der Waals surface area contributed by atoms with Crippen LogP contribution in [0, 0.1) is 6.92 Å². The molecule has 3 nitrogen and oxygen atoms in total. The molecule has 0 aromatic carbocycles. The number of esters is 1. The van der Waals surface area contributed by atoms with E-state index in [-0.39, 0.29) is 5.97 Å². The van der Waals surface area contributed by atoms with Crippen LogP contribution in [0.1, 0.15) is 21.9 Å². The van der Waals surface area contributed by atoms with E-state index in [1.165, 1.54) is 7.11 Å². The van der Waals surface area contributed by atoms with Crippen LogP contribution in [-0.4, -0.2) is 13.1 Å². The van der Waals surface area contributed by atoms with Crippen LogP contribution in [0.4, 0.5) is 0 Å². The van der Waals surface area contributed by atoms with Gasteiger partial charge >= 0.3 is 5.97 Å². The van der Waals surface area contributed by atoms with Gasteiger partial charge in [-0.05, 0) is 19.1 Å². The largest absolute Gasteiger partial charge is 0.465 e. The average molecular weight is 166 g/mol. The Labute approximate surface area is 70.6 Å². The van der Waals surface area contributed by atoms with E-state index in [4.69, 9.17) is 4.42 Å². The van der Waals surface area contributed by atoms with Crippen LogP contribution in [0.3, 0.4) is 0 Å². The zero-order chi connectivity index (χ0) is 9.14. The van der Waals surface area contributed by atoms with Crippen molar-refractivity contribution < 1.29 is 13.9 Å². The molecule has 1 heterocycles. The molecule has 12 heavy (non-hydrogen) atoms. The van der Waals surface area contributed by atoms with E-state index in [0.29, 0.717) is 17.1 Å². The molecule has 64 valence electrons. The van der Waals surface area contributed by atoms with Crippen molar-refractivity contribution in [1.29, 1.82) is 0 Å². The molecule has 0 unspecified atom stereocenters. The minimum atomic E-state index is -0.385. The van der Waals surface area contributed by atoms with Crippen molar-refractivity contribution in [3.63, 3.8) is 0 Å². The van der Waals surface area contributed by atoms with Crippen molar-refractivity contribution in [1.82, 2.24) is 0 Å². The lowest BCUT2D eigenvalue weighted by atomic mass is 10.2. The Morgan fingerprint density at radius 1 is 1.75 bits per heavy atom. The summed E-state index contributed by atoms with van der Waals surface area (Å²) in [6.45, 7) is 5.23. The summed E-state index contributed by atoms with van der Waals surface area (Å²) < 4.78 is 9.71. The van der Waals surface area contributed by atoms with E-state index < -0.39 is 0 Å². The third kappa shape index (κ3) is 1.39. The zero-order valence-electron chi connectivity index (χ0n) is 7.09. The first-order valence-electron chi connectivity index (χ1n) is 3.50. The Kier molecular flexibility index (Phi) is 2.33. The highest BCUT2D eigenvalue weighted by Crippen LogP contribution is 2.15. The first kappa shape index (κ1) is 8.59. The monoisotopic (exact) mass is 166 g/mol. The fourth-order valence-corrected chi connectivity index (χ4v) is 0.918. The smallest absolute Gasteiger partial charge is 0.341 e. The minimum Gasteiger partial charge on any atom is -0.465 e. The predicted octanol–water partition coefficient (Wildman–Crippen LogP) is 2.02. The fraction of sp³-hybridized carbons (Fsp3) is 0.222. The van der Waals surface area contributed by atoms with Crippen LogP contribution in [-0.2, 0) is 4.74 Å². The second-order valence-corrected chi connectivity index (χ2v) is 2.31. The maximum absolute atomic E-state index is 11.0. The number of rotatable bonds is 2. The molecule has 3 heteroatoms. The van der Waals surface area contributed by atoms with Gasteiger partial charge in [0.1, 0.15) is 17.1 Å². The molecule has 0 saturated heterocycles. The predicted molar refractivity (Wildman–Crippen MR) is 44.9 cm³/mol. The summed E-state index contributed by atoms with van der Waals surface area (Å²) in [5, 5.41) is 0. The summed E-state index contributed by atoms with van der Waals surface area (Å²) in [7, 11) is 1.34. The van der Waals surface area contributed by atoms with Crippen molar-refractivity contribution in [3.8, 4) is 0 Å². The number of furan rings is 1. The molecule has 0 atom stereocenters. The van der Waals surface area contributed by atoms with Gasteiger partial charge < -0.3 is 9.15 Å². The molecule has 1 aromatic heterocycles. The second kappa shape index (κ2) is 3.26. The van der Waals surface area contributed by atoms with Crippen LogP contribution in [0.25, 0.3) is 6.08 Å². The van der Waals surface area contributed by atoms with Gasteiger partial charge in [0.25, 0.3) is 0 Å². The van der Waals surface area contributed by atoms with Gasteiger partial charge in [-0.3, -0.25) is 0 Å². The molecule has 0 N–H and O–H groups in total. The van der Waals surface area contributed by atoms with Gasteiger partial charge in [-0.25, -0.2) is 4.79 Å². The molecule has 0 bridgehead atoms. The first-order chi connectivity index (χ1) is 5.69. The molecule has 1 aromatic rings. The van der Waals surface area contributed by atoms with Gasteiger partial charge in [0.05, 0.1) is 7.11 Å². The molecule has 0 fully saturated rings. The minimum absolute atomic E-state index is 0.385. The van der Waals surface area contributed by atoms with E-state index in [0.717, 1.165) is 0 Å². The summed E-state index contributed by atoms with van der Waals surface area (Å²) in [6.07, 6.45) is 1.54. The van der Waals surface area contributed by atoms with E-state index in [2.05, 4.69) is 11.3 Å². The maximum Gasteiger partial charge on any atom is 0.341 e. The maximum atomic E-state index is 11.0. The third-order valence-corrected chi connectivity index (χ3v) is 1.54. The lowest BCUT2D eigenvalue weighted by molar-refractivity contribution is 0.0599. The van der Waals surface area contributed by atoms with Crippen molar-refractivity contribution in [2.75, 3.05) is 7.11 Å². The summed E-state index contributed by atoms with van der Waals surface area (Å²) >= 11 is 0. The molecule has 0 amide bonds. The second-order valence-electron chi connectivity index (χ2n) is 2.31. The number of aryl methyl sites for hydroxylation is 1. The number of carbonyl (C=O) groups excluding carboxylic acids is 1. The Hall–Kier alpha value is -1.51. The molecule has 0 saturated carbocycles. The lowest BCUT2D eigenvalue weighted by Gasteiger charge is -1.93. The summed E-state index contributed by atoms with van der Waals surface area (Å²) in [5.74, 6) is 0.744. The molecule has 0 aliphatic carbocycles. The van der Waals surface area contributed by atoms with E-state index in [1.807, 2.05) is 0 Å². The average Bonchev–Trinajstić information content (AvgIpc) is 2.45. The number of ether oxygens (including phenoxy) is 1. The Morgan fingerprint density at radius 3 is 2.83 bits per heavy atom. The number of carbonyl (C=O) groups is 1.